The fraction of sp³-hybridized carbons (Fsp3) is 1.00. The highest BCUT2D eigenvalue weighted by molar-refractivity contribution is 6.49. The molecule has 1 aliphatic rings. The highest BCUT2D eigenvalue weighted by Gasteiger charge is 2.21. The average molecular weight is 229 g/mol. The Hall–Kier alpha value is 0.137. The second-order valence-electron chi connectivity index (χ2n) is 4.94. The van der Waals surface area contributed by atoms with Crippen molar-refractivity contribution in [2.45, 2.75) is 64.5 Å². The molecule has 0 aliphatic heterocycles. The lowest BCUT2D eigenvalue weighted by Gasteiger charge is -2.26. The van der Waals surface area contributed by atoms with E-state index in [9.17, 15) is 0 Å². The van der Waals surface area contributed by atoms with Crippen molar-refractivity contribution >= 4 is 9.20 Å². The minimum Gasteiger partial charge on any atom is -0.409 e. The van der Waals surface area contributed by atoms with Gasteiger partial charge in [-0.25, -0.2) is 0 Å². The standard InChI is InChI=1S/C12H27NOSi/c1-4-11(2)13-15(14-3)10-12-8-6-5-7-9-12/h11-13,15H,4-10H2,1-3H3. The van der Waals surface area contributed by atoms with E-state index >= 15 is 0 Å². The minimum atomic E-state index is -1.11. The monoisotopic (exact) mass is 229 g/mol. The third-order valence-corrected chi connectivity index (χ3v) is 6.24. The van der Waals surface area contributed by atoms with Crippen LogP contribution in [0.2, 0.25) is 6.04 Å². The molecule has 0 saturated heterocycles. The molecular weight excluding hydrogens is 202 g/mol. The highest BCUT2D eigenvalue weighted by atomic mass is 28.3. The molecule has 0 radical (unpaired) electrons. The van der Waals surface area contributed by atoms with Crippen molar-refractivity contribution in [3.63, 3.8) is 0 Å². The largest absolute Gasteiger partial charge is 0.409 e. The van der Waals surface area contributed by atoms with Gasteiger partial charge in [-0.05, 0) is 24.4 Å². The quantitative estimate of drug-likeness (QED) is 0.707. The van der Waals surface area contributed by atoms with Gasteiger partial charge in [-0.1, -0.05) is 46.0 Å². The summed E-state index contributed by atoms with van der Waals surface area (Å²) in [6.45, 7) is 4.50. The summed E-state index contributed by atoms with van der Waals surface area (Å²) in [5.74, 6) is 0.951. The van der Waals surface area contributed by atoms with Crippen molar-refractivity contribution < 1.29 is 4.43 Å². The molecule has 0 amide bonds. The normalized spacial score (nSPS) is 22.6. The molecular formula is C12H27NOSi. The van der Waals surface area contributed by atoms with Crippen molar-refractivity contribution in [1.82, 2.24) is 4.98 Å². The number of nitrogens with one attached hydrogen (secondary N) is 1. The molecule has 1 aliphatic carbocycles. The van der Waals surface area contributed by atoms with Gasteiger partial charge in [0.05, 0.1) is 0 Å². The zero-order valence-electron chi connectivity index (χ0n) is 10.6. The summed E-state index contributed by atoms with van der Waals surface area (Å²) in [5.41, 5.74) is 0. The van der Waals surface area contributed by atoms with Crippen LogP contribution in [-0.4, -0.2) is 22.4 Å². The smallest absolute Gasteiger partial charge is 0.252 e. The SMILES string of the molecule is CCC(C)N[SiH](CC1CCCCC1)OC. The lowest BCUT2D eigenvalue weighted by Crippen LogP contribution is -2.43. The summed E-state index contributed by atoms with van der Waals surface area (Å²) >= 11 is 0. The lowest BCUT2D eigenvalue weighted by molar-refractivity contribution is 0.344. The van der Waals surface area contributed by atoms with Gasteiger partial charge in [-0.2, -0.15) is 0 Å². The van der Waals surface area contributed by atoms with Crippen LogP contribution >= 0.6 is 0 Å². The molecule has 2 unspecified atom stereocenters. The zero-order chi connectivity index (χ0) is 11.1. The maximum atomic E-state index is 5.65. The first-order chi connectivity index (χ1) is 7.26. The molecule has 3 heteroatoms. The van der Waals surface area contributed by atoms with Crippen molar-refractivity contribution in [3.8, 4) is 0 Å². The van der Waals surface area contributed by atoms with E-state index < -0.39 is 9.20 Å². The predicted octanol–water partition coefficient (Wildman–Crippen LogP) is 2.82. The van der Waals surface area contributed by atoms with E-state index in [-0.39, 0.29) is 0 Å². The fourth-order valence-corrected chi connectivity index (χ4v) is 4.80. The molecule has 1 N–H and O–H groups in total. The summed E-state index contributed by atoms with van der Waals surface area (Å²) in [6.07, 6.45) is 8.42. The molecule has 1 rings (SSSR count). The summed E-state index contributed by atoms with van der Waals surface area (Å²) < 4.78 is 5.65. The second kappa shape index (κ2) is 7.42. The lowest BCUT2D eigenvalue weighted by atomic mass is 9.91. The molecule has 0 aromatic heterocycles. The van der Waals surface area contributed by atoms with E-state index in [0.29, 0.717) is 6.04 Å². The van der Waals surface area contributed by atoms with Gasteiger partial charge in [0.15, 0.2) is 0 Å². The van der Waals surface area contributed by atoms with E-state index in [1.807, 2.05) is 7.11 Å². The number of hydrogen-bond acceptors (Lipinski definition) is 2. The molecule has 0 bridgehead atoms. The molecule has 2 atom stereocenters. The van der Waals surface area contributed by atoms with E-state index in [0.717, 1.165) is 5.92 Å². The molecule has 1 saturated carbocycles. The van der Waals surface area contributed by atoms with Crippen molar-refractivity contribution in [2.75, 3.05) is 7.11 Å². The van der Waals surface area contributed by atoms with Crippen LogP contribution in [0.15, 0.2) is 0 Å². The summed E-state index contributed by atoms with van der Waals surface area (Å²) in [5, 5.41) is 0. The molecule has 90 valence electrons. The Bertz CT molecular complexity index is 160. The van der Waals surface area contributed by atoms with Crippen LogP contribution in [-0.2, 0) is 4.43 Å². The Morgan fingerprint density at radius 2 is 2.00 bits per heavy atom. The van der Waals surface area contributed by atoms with E-state index in [2.05, 4.69) is 18.8 Å². The Labute approximate surface area is 96.6 Å². The van der Waals surface area contributed by atoms with Crippen LogP contribution in [0.25, 0.3) is 0 Å². The van der Waals surface area contributed by atoms with E-state index in [1.54, 1.807) is 0 Å². The number of hydrogen-bond donors (Lipinski definition) is 1. The van der Waals surface area contributed by atoms with E-state index in [1.165, 1.54) is 44.6 Å². The van der Waals surface area contributed by atoms with Gasteiger partial charge in [-0.3, -0.25) is 0 Å². The van der Waals surface area contributed by atoms with Crippen LogP contribution < -0.4 is 4.98 Å². The van der Waals surface area contributed by atoms with E-state index in [4.69, 9.17) is 4.43 Å². The summed E-state index contributed by atoms with van der Waals surface area (Å²) in [6, 6.07) is 1.96. The third-order valence-electron chi connectivity index (χ3n) is 3.64. The topological polar surface area (TPSA) is 21.3 Å². The van der Waals surface area contributed by atoms with Gasteiger partial charge in [-0.15, -0.1) is 0 Å². The molecule has 0 spiro atoms. The first kappa shape index (κ1) is 13.2. The van der Waals surface area contributed by atoms with Gasteiger partial charge < -0.3 is 9.41 Å². The fourth-order valence-electron chi connectivity index (χ4n) is 2.39. The molecule has 0 aromatic rings. The first-order valence-corrected chi connectivity index (χ1v) is 8.41. The summed E-state index contributed by atoms with van der Waals surface area (Å²) in [7, 11) is 0.772. The maximum absolute atomic E-state index is 5.65. The molecule has 0 aromatic carbocycles. The maximum Gasteiger partial charge on any atom is 0.252 e. The average Bonchev–Trinajstić information content (AvgIpc) is 2.29. The Morgan fingerprint density at radius 3 is 2.53 bits per heavy atom. The van der Waals surface area contributed by atoms with Gasteiger partial charge in [0.2, 0.25) is 0 Å². The third kappa shape index (κ3) is 5.14. The van der Waals surface area contributed by atoms with Crippen LogP contribution in [0.3, 0.4) is 0 Å². The van der Waals surface area contributed by atoms with Crippen molar-refractivity contribution in [2.24, 2.45) is 5.92 Å². The molecule has 0 heterocycles. The highest BCUT2D eigenvalue weighted by Crippen LogP contribution is 2.27. The van der Waals surface area contributed by atoms with Crippen LogP contribution in [0.1, 0.15) is 52.4 Å². The van der Waals surface area contributed by atoms with Gasteiger partial charge >= 0.3 is 0 Å². The van der Waals surface area contributed by atoms with Crippen molar-refractivity contribution in [1.29, 1.82) is 0 Å². The van der Waals surface area contributed by atoms with Gasteiger partial charge in [0.1, 0.15) is 0 Å². The zero-order valence-corrected chi connectivity index (χ0v) is 11.7. The predicted molar refractivity (Wildman–Crippen MR) is 68.4 cm³/mol. The first-order valence-electron chi connectivity index (χ1n) is 6.55. The van der Waals surface area contributed by atoms with Crippen LogP contribution in [0, 0.1) is 5.92 Å². The molecule has 15 heavy (non-hydrogen) atoms. The van der Waals surface area contributed by atoms with Gasteiger partial charge in [0.25, 0.3) is 9.20 Å². The Kier molecular flexibility index (Phi) is 6.53. The van der Waals surface area contributed by atoms with Crippen LogP contribution in [0.4, 0.5) is 0 Å². The molecule has 2 nitrogen and oxygen atoms in total. The van der Waals surface area contributed by atoms with Crippen molar-refractivity contribution in [3.05, 3.63) is 0 Å². The van der Waals surface area contributed by atoms with Gasteiger partial charge in [0, 0.05) is 7.11 Å². The Balaban J connectivity index is 2.25. The molecule has 1 fully saturated rings. The Morgan fingerprint density at radius 1 is 1.33 bits per heavy atom. The second-order valence-corrected chi connectivity index (χ2v) is 7.19. The number of rotatable bonds is 6. The minimum absolute atomic E-state index is 0.630. The van der Waals surface area contributed by atoms with Crippen LogP contribution in [0.5, 0.6) is 0 Å². The summed E-state index contributed by atoms with van der Waals surface area (Å²) in [4.78, 5) is 3.68.